The number of thioether (sulfide) groups is 1. The van der Waals surface area contributed by atoms with Gasteiger partial charge in [-0.2, -0.15) is 11.8 Å². The van der Waals surface area contributed by atoms with Crippen LogP contribution in [-0.4, -0.2) is 41.6 Å². The smallest absolute Gasteiger partial charge is 0.0429 e. The lowest BCUT2D eigenvalue weighted by atomic mass is 9.94. The molecule has 2 fully saturated rings. The third-order valence-electron chi connectivity index (χ3n) is 4.08. The van der Waals surface area contributed by atoms with Crippen molar-refractivity contribution in [1.82, 2.24) is 4.90 Å². The van der Waals surface area contributed by atoms with E-state index in [1.165, 1.54) is 43.6 Å². The van der Waals surface area contributed by atoms with Crippen LogP contribution in [0.25, 0.3) is 0 Å². The van der Waals surface area contributed by atoms with E-state index in [4.69, 9.17) is 5.73 Å². The van der Waals surface area contributed by atoms with Crippen LogP contribution < -0.4 is 5.73 Å². The molecule has 1 saturated carbocycles. The lowest BCUT2D eigenvalue weighted by molar-refractivity contribution is 0.100. The first kappa shape index (κ1) is 10.8. The Kier molecular flexibility index (Phi) is 3.40. The van der Waals surface area contributed by atoms with Crippen molar-refractivity contribution in [3.8, 4) is 0 Å². The molecule has 1 heterocycles. The summed E-state index contributed by atoms with van der Waals surface area (Å²) in [6.45, 7) is 0.840. The van der Waals surface area contributed by atoms with E-state index in [0.717, 1.165) is 12.6 Å². The Hall–Kier alpha value is 0.270. The Balaban J connectivity index is 2.02. The third kappa shape index (κ3) is 1.82. The molecule has 1 saturated heterocycles. The number of likely N-dealkylation sites (N-methyl/N-ethyl adjacent to an activating group) is 1. The minimum Gasteiger partial charge on any atom is -0.329 e. The molecule has 1 aliphatic carbocycles. The SMILES string of the molecule is CN(C1CCCC1)C1(CN)CCSC1. The molecule has 0 aromatic carbocycles. The van der Waals surface area contributed by atoms with Gasteiger partial charge in [0.1, 0.15) is 0 Å². The first-order valence-corrected chi connectivity index (χ1v) is 6.95. The predicted molar refractivity (Wildman–Crippen MR) is 63.7 cm³/mol. The van der Waals surface area contributed by atoms with E-state index in [-0.39, 0.29) is 0 Å². The molecule has 1 atom stereocenters. The Bertz CT molecular complexity index is 184. The first-order chi connectivity index (χ1) is 6.78. The largest absolute Gasteiger partial charge is 0.329 e. The van der Waals surface area contributed by atoms with Crippen molar-refractivity contribution in [2.24, 2.45) is 5.73 Å². The lowest BCUT2D eigenvalue weighted by Gasteiger charge is -2.41. The van der Waals surface area contributed by atoms with E-state index < -0.39 is 0 Å². The van der Waals surface area contributed by atoms with Crippen LogP contribution in [0.5, 0.6) is 0 Å². The van der Waals surface area contributed by atoms with Crippen LogP contribution in [0, 0.1) is 0 Å². The van der Waals surface area contributed by atoms with E-state index >= 15 is 0 Å². The van der Waals surface area contributed by atoms with Gasteiger partial charge in [-0.1, -0.05) is 12.8 Å². The number of rotatable bonds is 3. The van der Waals surface area contributed by atoms with Gasteiger partial charge in [0.15, 0.2) is 0 Å². The predicted octanol–water partition coefficient (Wildman–Crippen LogP) is 1.70. The Morgan fingerprint density at radius 3 is 2.64 bits per heavy atom. The normalized spacial score (nSPS) is 34.5. The molecule has 0 spiro atoms. The van der Waals surface area contributed by atoms with Gasteiger partial charge in [-0.3, -0.25) is 4.90 Å². The highest BCUT2D eigenvalue weighted by Crippen LogP contribution is 2.36. The summed E-state index contributed by atoms with van der Waals surface area (Å²) in [5, 5.41) is 0. The summed E-state index contributed by atoms with van der Waals surface area (Å²) in [5.74, 6) is 2.55. The van der Waals surface area contributed by atoms with Gasteiger partial charge in [0, 0.05) is 23.9 Å². The van der Waals surface area contributed by atoms with Crippen molar-refractivity contribution in [3.05, 3.63) is 0 Å². The van der Waals surface area contributed by atoms with Crippen molar-refractivity contribution in [1.29, 1.82) is 0 Å². The standard InChI is InChI=1S/C11H22N2S/c1-13(10-4-2-3-5-10)11(8-12)6-7-14-9-11/h10H,2-9,12H2,1H3. The molecule has 1 aliphatic heterocycles. The Morgan fingerprint density at radius 2 is 2.14 bits per heavy atom. The highest BCUT2D eigenvalue weighted by molar-refractivity contribution is 7.99. The molecule has 0 aromatic heterocycles. The molecule has 1 unspecified atom stereocenters. The molecule has 2 aliphatic rings. The summed E-state index contributed by atoms with van der Waals surface area (Å²) >= 11 is 2.07. The fourth-order valence-corrected chi connectivity index (χ4v) is 4.37. The number of nitrogens with two attached hydrogens (primary N) is 1. The van der Waals surface area contributed by atoms with Crippen LogP contribution in [0.1, 0.15) is 32.1 Å². The van der Waals surface area contributed by atoms with E-state index in [2.05, 4.69) is 23.7 Å². The van der Waals surface area contributed by atoms with Gasteiger partial charge < -0.3 is 5.73 Å². The minimum absolute atomic E-state index is 0.333. The molecule has 0 aromatic rings. The molecular formula is C11H22N2S. The van der Waals surface area contributed by atoms with Crippen molar-refractivity contribution >= 4 is 11.8 Å². The minimum atomic E-state index is 0.333. The maximum Gasteiger partial charge on any atom is 0.0429 e. The zero-order valence-corrected chi connectivity index (χ0v) is 9.98. The third-order valence-corrected chi connectivity index (χ3v) is 5.32. The second-order valence-corrected chi connectivity index (χ2v) is 5.89. The maximum absolute atomic E-state index is 5.98. The molecule has 0 amide bonds. The molecule has 2 rings (SSSR count). The lowest BCUT2D eigenvalue weighted by Crippen LogP contribution is -2.55. The highest BCUT2D eigenvalue weighted by atomic mass is 32.2. The van der Waals surface area contributed by atoms with Gasteiger partial charge in [-0.15, -0.1) is 0 Å². The van der Waals surface area contributed by atoms with E-state index in [1.54, 1.807) is 0 Å². The van der Waals surface area contributed by atoms with E-state index in [0.29, 0.717) is 5.54 Å². The molecule has 14 heavy (non-hydrogen) atoms. The van der Waals surface area contributed by atoms with Crippen LogP contribution in [0.15, 0.2) is 0 Å². The summed E-state index contributed by atoms with van der Waals surface area (Å²) in [7, 11) is 2.30. The topological polar surface area (TPSA) is 29.3 Å². The van der Waals surface area contributed by atoms with Gasteiger partial charge >= 0.3 is 0 Å². The summed E-state index contributed by atoms with van der Waals surface area (Å²) in [4.78, 5) is 2.61. The van der Waals surface area contributed by atoms with Crippen LogP contribution in [0.3, 0.4) is 0 Å². The molecule has 0 bridgehead atoms. The summed E-state index contributed by atoms with van der Waals surface area (Å²) in [6.07, 6.45) is 6.92. The monoisotopic (exact) mass is 214 g/mol. The van der Waals surface area contributed by atoms with Gasteiger partial charge in [-0.25, -0.2) is 0 Å². The number of nitrogens with zero attached hydrogens (tertiary/aromatic N) is 1. The van der Waals surface area contributed by atoms with Crippen molar-refractivity contribution in [3.63, 3.8) is 0 Å². The molecule has 2 N–H and O–H groups in total. The van der Waals surface area contributed by atoms with Crippen LogP contribution in [0.4, 0.5) is 0 Å². The molecular weight excluding hydrogens is 192 g/mol. The van der Waals surface area contributed by atoms with Gasteiger partial charge in [0.2, 0.25) is 0 Å². The Labute approximate surface area is 91.6 Å². The van der Waals surface area contributed by atoms with Crippen LogP contribution in [0.2, 0.25) is 0 Å². The van der Waals surface area contributed by atoms with Gasteiger partial charge in [0.25, 0.3) is 0 Å². The van der Waals surface area contributed by atoms with Crippen LogP contribution >= 0.6 is 11.8 Å². The van der Waals surface area contributed by atoms with Gasteiger partial charge in [0.05, 0.1) is 0 Å². The first-order valence-electron chi connectivity index (χ1n) is 5.79. The fourth-order valence-electron chi connectivity index (χ4n) is 2.86. The zero-order valence-electron chi connectivity index (χ0n) is 9.17. The number of hydrogen-bond acceptors (Lipinski definition) is 3. The summed E-state index contributed by atoms with van der Waals surface area (Å²) in [6, 6.07) is 0.817. The van der Waals surface area contributed by atoms with Crippen molar-refractivity contribution in [2.45, 2.75) is 43.7 Å². The molecule has 2 nitrogen and oxygen atoms in total. The second kappa shape index (κ2) is 4.42. The summed E-state index contributed by atoms with van der Waals surface area (Å²) < 4.78 is 0. The maximum atomic E-state index is 5.98. The Morgan fingerprint density at radius 1 is 1.43 bits per heavy atom. The van der Waals surface area contributed by atoms with Crippen LogP contribution in [-0.2, 0) is 0 Å². The average molecular weight is 214 g/mol. The van der Waals surface area contributed by atoms with Crippen molar-refractivity contribution < 1.29 is 0 Å². The summed E-state index contributed by atoms with van der Waals surface area (Å²) in [5.41, 5.74) is 6.32. The molecule has 3 heteroatoms. The second-order valence-electron chi connectivity index (χ2n) is 4.78. The zero-order chi connectivity index (χ0) is 10.0. The average Bonchev–Trinajstić information content (AvgIpc) is 2.89. The van der Waals surface area contributed by atoms with E-state index in [1.807, 2.05) is 0 Å². The quantitative estimate of drug-likeness (QED) is 0.775. The fraction of sp³-hybridized carbons (Fsp3) is 1.00. The molecule has 82 valence electrons. The highest BCUT2D eigenvalue weighted by Gasteiger charge is 2.40. The van der Waals surface area contributed by atoms with Crippen molar-refractivity contribution in [2.75, 3.05) is 25.1 Å². The van der Waals surface area contributed by atoms with E-state index in [9.17, 15) is 0 Å². The van der Waals surface area contributed by atoms with Gasteiger partial charge in [-0.05, 0) is 32.1 Å². The number of hydrogen-bond donors (Lipinski definition) is 1. The molecule has 0 radical (unpaired) electrons.